The van der Waals surface area contributed by atoms with Gasteiger partial charge in [-0.3, -0.25) is 0 Å². The molecule has 1 aliphatic rings. The number of carbonyl (C=O) groups excluding carboxylic acids is 1. The molecule has 3 rings (SSSR count). The summed E-state index contributed by atoms with van der Waals surface area (Å²) in [6.07, 6.45) is 4.85. The van der Waals surface area contributed by atoms with Gasteiger partial charge < -0.3 is 19.7 Å². The Labute approximate surface area is 139 Å². The van der Waals surface area contributed by atoms with Crippen molar-refractivity contribution in [1.29, 1.82) is 0 Å². The number of hydrogen-bond donors (Lipinski definition) is 2. The summed E-state index contributed by atoms with van der Waals surface area (Å²) in [6, 6.07) is 5.11. The van der Waals surface area contributed by atoms with Crippen molar-refractivity contribution in [1.82, 2.24) is 9.88 Å². The van der Waals surface area contributed by atoms with Crippen molar-refractivity contribution >= 4 is 23.0 Å². The molecule has 6 nitrogen and oxygen atoms in total. The van der Waals surface area contributed by atoms with E-state index in [0.717, 1.165) is 29.3 Å². The Hall–Kier alpha value is -2.76. The Morgan fingerprint density at radius 2 is 2.12 bits per heavy atom. The lowest BCUT2D eigenvalue weighted by atomic mass is 9.89. The van der Waals surface area contributed by atoms with Crippen LogP contribution in [0.15, 0.2) is 37.1 Å². The molecule has 0 radical (unpaired) electrons. The van der Waals surface area contributed by atoms with Crippen molar-refractivity contribution in [2.45, 2.75) is 18.8 Å². The second-order valence-corrected chi connectivity index (χ2v) is 5.94. The van der Waals surface area contributed by atoms with Crippen LogP contribution < -0.4 is 0 Å². The van der Waals surface area contributed by atoms with Crippen molar-refractivity contribution in [2.24, 2.45) is 0 Å². The molecule has 0 bridgehead atoms. The molecule has 0 spiro atoms. The number of amides is 1. The van der Waals surface area contributed by atoms with Crippen LogP contribution in [0.25, 0.3) is 10.9 Å². The van der Waals surface area contributed by atoms with Gasteiger partial charge in [0, 0.05) is 30.2 Å². The third-order valence-corrected chi connectivity index (χ3v) is 4.48. The number of fused-ring (bicyclic) bond motifs is 1. The van der Waals surface area contributed by atoms with Gasteiger partial charge in [0.25, 0.3) is 0 Å². The van der Waals surface area contributed by atoms with Crippen molar-refractivity contribution < 1.29 is 19.4 Å². The Morgan fingerprint density at radius 1 is 1.38 bits per heavy atom. The van der Waals surface area contributed by atoms with Crippen molar-refractivity contribution in [3.05, 3.63) is 48.2 Å². The number of carbonyl (C=O) groups is 2. The number of benzene rings is 1. The molecule has 0 aliphatic carbocycles. The molecular formula is C18H20N2O4. The number of aromatic amines is 1. The summed E-state index contributed by atoms with van der Waals surface area (Å²) in [5, 5.41) is 10.1. The van der Waals surface area contributed by atoms with E-state index in [2.05, 4.69) is 11.6 Å². The number of piperidine rings is 1. The molecule has 2 aromatic rings. The predicted molar refractivity (Wildman–Crippen MR) is 90.4 cm³/mol. The minimum absolute atomic E-state index is 0.221. The fraction of sp³-hybridized carbons (Fsp3) is 0.333. The molecule has 1 fully saturated rings. The summed E-state index contributed by atoms with van der Waals surface area (Å²) < 4.78 is 5.07. The van der Waals surface area contributed by atoms with E-state index < -0.39 is 5.97 Å². The minimum atomic E-state index is -0.927. The Balaban J connectivity index is 1.73. The van der Waals surface area contributed by atoms with E-state index in [4.69, 9.17) is 4.74 Å². The van der Waals surface area contributed by atoms with Crippen LogP contribution in [0.3, 0.4) is 0 Å². The first-order valence-corrected chi connectivity index (χ1v) is 7.97. The van der Waals surface area contributed by atoms with E-state index in [-0.39, 0.29) is 18.3 Å². The molecule has 1 amide bonds. The van der Waals surface area contributed by atoms with Gasteiger partial charge in [0.15, 0.2) is 0 Å². The number of H-pyrrole nitrogens is 1. The van der Waals surface area contributed by atoms with Gasteiger partial charge in [-0.2, -0.15) is 0 Å². The maximum absolute atomic E-state index is 11.9. The van der Waals surface area contributed by atoms with Gasteiger partial charge in [-0.25, -0.2) is 9.59 Å². The number of aromatic nitrogens is 1. The Bertz CT molecular complexity index is 772. The maximum atomic E-state index is 11.9. The van der Waals surface area contributed by atoms with Gasteiger partial charge in [0.2, 0.25) is 0 Å². The molecule has 24 heavy (non-hydrogen) atoms. The highest BCUT2D eigenvalue weighted by Crippen LogP contribution is 2.33. The third kappa shape index (κ3) is 3.13. The average molecular weight is 328 g/mol. The predicted octanol–water partition coefficient (Wildman–Crippen LogP) is 3.37. The van der Waals surface area contributed by atoms with Crippen LogP contribution in [0.2, 0.25) is 0 Å². The van der Waals surface area contributed by atoms with Crippen LogP contribution in [0, 0.1) is 0 Å². The molecule has 0 saturated carbocycles. The maximum Gasteiger partial charge on any atom is 0.410 e. The zero-order valence-corrected chi connectivity index (χ0v) is 13.3. The number of nitrogens with one attached hydrogen (secondary N) is 1. The van der Waals surface area contributed by atoms with E-state index in [1.54, 1.807) is 29.2 Å². The molecule has 1 aliphatic heterocycles. The molecule has 1 aromatic carbocycles. The number of ether oxygens (including phenoxy) is 1. The van der Waals surface area contributed by atoms with E-state index in [0.29, 0.717) is 19.0 Å². The topological polar surface area (TPSA) is 82.6 Å². The molecule has 2 heterocycles. The average Bonchev–Trinajstić information content (AvgIpc) is 3.02. The lowest BCUT2D eigenvalue weighted by Gasteiger charge is -2.31. The second kappa shape index (κ2) is 6.78. The lowest BCUT2D eigenvalue weighted by Crippen LogP contribution is -2.38. The molecule has 0 unspecified atom stereocenters. The zero-order chi connectivity index (χ0) is 17.1. The van der Waals surface area contributed by atoms with Gasteiger partial charge in [0.1, 0.15) is 6.61 Å². The number of aromatic carboxylic acids is 1. The molecule has 1 saturated heterocycles. The summed E-state index contributed by atoms with van der Waals surface area (Å²) in [4.78, 5) is 28.0. The quantitative estimate of drug-likeness (QED) is 0.843. The summed E-state index contributed by atoms with van der Waals surface area (Å²) in [5.41, 5.74) is 2.34. The minimum Gasteiger partial charge on any atom is -0.478 e. The summed E-state index contributed by atoms with van der Waals surface area (Å²) in [5.74, 6) is -0.630. The highest BCUT2D eigenvalue weighted by Gasteiger charge is 2.26. The van der Waals surface area contributed by atoms with E-state index in [9.17, 15) is 14.7 Å². The van der Waals surface area contributed by atoms with Crippen LogP contribution in [0.5, 0.6) is 0 Å². The van der Waals surface area contributed by atoms with Gasteiger partial charge in [-0.15, -0.1) is 0 Å². The molecule has 126 valence electrons. The summed E-state index contributed by atoms with van der Waals surface area (Å²) in [7, 11) is 0. The van der Waals surface area contributed by atoms with Crippen LogP contribution in [0.1, 0.15) is 34.7 Å². The first kappa shape index (κ1) is 16.1. The first-order chi connectivity index (χ1) is 11.6. The fourth-order valence-corrected chi connectivity index (χ4v) is 3.21. The van der Waals surface area contributed by atoms with E-state index in [1.165, 1.54) is 0 Å². The zero-order valence-electron chi connectivity index (χ0n) is 13.3. The SMILES string of the molecule is C=CCOC(=O)N1CCC(c2c[nH]c3ccc(C(=O)O)cc23)CC1. The molecular weight excluding hydrogens is 308 g/mol. The van der Waals surface area contributed by atoms with Crippen molar-refractivity contribution in [2.75, 3.05) is 19.7 Å². The molecule has 2 N–H and O–H groups in total. The summed E-state index contributed by atoms with van der Waals surface area (Å²) in [6.45, 7) is 5.01. The number of nitrogens with zero attached hydrogens (tertiary/aromatic N) is 1. The van der Waals surface area contributed by atoms with Gasteiger partial charge >= 0.3 is 12.1 Å². The van der Waals surface area contributed by atoms with Crippen LogP contribution >= 0.6 is 0 Å². The van der Waals surface area contributed by atoms with Crippen LogP contribution in [-0.2, 0) is 4.74 Å². The number of hydrogen-bond acceptors (Lipinski definition) is 3. The van der Waals surface area contributed by atoms with Gasteiger partial charge in [-0.05, 0) is 42.5 Å². The summed E-state index contributed by atoms with van der Waals surface area (Å²) >= 11 is 0. The van der Waals surface area contributed by atoms with Crippen LogP contribution in [-0.4, -0.2) is 46.7 Å². The number of carboxylic acids is 1. The van der Waals surface area contributed by atoms with Gasteiger partial charge in [0.05, 0.1) is 5.56 Å². The highest BCUT2D eigenvalue weighted by molar-refractivity contribution is 5.94. The van der Waals surface area contributed by atoms with E-state index in [1.807, 2.05) is 6.20 Å². The monoisotopic (exact) mass is 328 g/mol. The van der Waals surface area contributed by atoms with Crippen molar-refractivity contribution in [3.63, 3.8) is 0 Å². The lowest BCUT2D eigenvalue weighted by molar-refractivity contribution is 0.0696. The Kier molecular flexibility index (Phi) is 4.55. The second-order valence-electron chi connectivity index (χ2n) is 5.94. The Morgan fingerprint density at radius 3 is 2.79 bits per heavy atom. The standard InChI is InChI=1S/C18H20N2O4/c1-2-9-24-18(23)20-7-5-12(6-8-20)15-11-19-16-4-3-13(17(21)22)10-14(15)16/h2-4,10-12,19H,1,5-9H2,(H,21,22). The molecule has 1 aromatic heterocycles. The fourth-order valence-electron chi connectivity index (χ4n) is 3.21. The number of rotatable bonds is 4. The molecule has 6 heteroatoms. The van der Waals surface area contributed by atoms with Crippen molar-refractivity contribution in [3.8, 4) is 0 Å². The van der Waals surface area contributed by atoms with Crippen LogP contribution in [0.4, 0.5) is 4.79 Å². The highest BCUT2D eigenvalue weighted by atomic mass is 16.6. The normalized spacial score (nSPS) is 15.4. The third-order valence-electron chi connectivity index (χ3n) is 4.48. The number of likely N-dealkylation sites (tertiary alicyclic amines) is 1. The van der Waals surface area contributed by atoms with Gasteiger partial charge in [-0.1, -0.05) is 12.7 Å². The van der Waals surface area contributed by atoms with E-state index >= 15 is 0 Å². The smallest absolute Gasteiger partial charge is 0.410 e. The largest absolute Gasteiger partial charge is 0.478 e. The first-order valence-electron chi connectivity index (χ1n) is 7.97. The molecule has 0 atom stereocenters. The number of carboxylic acid groups (broad SMARTS) is 1.